The first-order chi connectivity index (χ1) is 13.1. The number of aromatic nitrogens is 1. The van der Waals surface area contributed by atoms with Crippen molar-refractivity contribution in [1.29, 1.82) is 0 Å². The van der Waals surface area contributed by atoms with Gasteiger partial charge in [-0.1, -0.05) is 12.1 Å². The topological polar surface area (TPSA) is 46.4 Å². The Bertz CT molecular complexity index is 934. The Morgan fingerprint density at radius 1 is 1.15 bits per heavy atom. The number of carbonyl (C=O) groups excluding carboxylic acids is 1. The predicted octanol–water partition coefficient (Wildman–Crippen LogP) is 2.98. The number of rotatable bonds is 4. The average Bonchev–Trinajstić information content (AvgIpc) is 3.09. The number of hydrogen-bond donors (Lipinski definition) is 2. The summed E-state index contributed by atoms with van der Waals surface area (Å²) in [7, 11) is 0. The first-order valence-electron chi connectivity index (χ1n) is 9.02. The molecule has 4 nitrogen and oxygen atoms in total. The van der Waals surface area contributed by atoms with Crippen LogP contribution in [0.15, 0.2) is 42.5 Å². The molecule has 2 aromatic carbocycles. The number of nitrogens with zero attached hydrogens (tertiary/aromatic N) is 1. The minimum absolute atomic E-state index is 0.186. The fourth-order valence-corrected chi connectivity index (χ4v) is 4.66. The van der Waals surface area contributed by atoms with Gasteiger partial charge in [0.2, 0.25) is 0 Å². The predicted molar refractivity (Wildman–Crippen MR) is 102 cm³/mol. The summed E-state index contributed by atoms with van der Waals surface area (Å²) in [5.74, 6) is -1.62. The monoisotopic (exact) mass is 388 g/mol. The summed E-state index contributed by atoms with van der Waals surface area (Å²) >= 11 is 1.76. The number of halogens is 2. The van der Waals surface area contributed by atoms with Crippen LogP contribution in [0.4, 0.5) is 14.5 Å². The van der Waals surface area contributed by atoms with Gasteiger partial charge in [-0.25, -0.2) is 13.8 Å². The zero-order chi connectivity index (χ0) is 18.8. The molecule has 0 unspecified atom stereocenters. The van der Waals surface area contributed by atoms with E-state index in [2.05, 4.69) is 11.4 Å². The molecule has 1 aromatic heterocycles. The number of likely N-dealkylation sites (tertiary alicyclic amines) is 1. The fraction of sp³-hybridized carbons (Fsp3) is 0.300. The van der Waals surface area contributed by atoms with E-state index in [4.69, 9.17) is 4.98 Å². The third-order valence-electron chi connectivity index (χ3n) is 4.97. The van der Waals surface area contributed by atoms with Gasteiger partial charge in [0, 0.05) is 30.5 Å². The van der Waals surface area contributed by atoms with E-state index >= 15 is 0 Å². The number of quaternary nitrogens is 1. The minimum Gasteiger partial charge on any atom is -0.327 e. The number of fused-ring (bicyclic) bond motifs is 1. The molecular formula is C20H20F2N3OS+. The van der Waals surface area contributed by atoms with Gasteiger partial charge in [-0.15, -0.1) is 11.3 Å². The van der Waals surface area contributed by atoms with Gasteiger partial charge in [0.05, 0.1) is 28.3 Å². The van der Waals surface area contributed by atoms with Gasteiger partial charge >= 0.3 is 0 Å². The van der Waals surface area contributed by atoms with Crippen molar-refractivity contribution in [3.05, 3.63) is 59.1 Å². The van der Waals surface area contributed by atoms with Crippen LogP contribution in [0.1, 0.15) is 23.8 Å². The third kappa shape index (κ3) is 4.14. The molecule has 2 heterocycles. The molecule has 0 spiro atoms. The number of carbonyl (C=O) groups is 1. The summed E-state index contributed by atoms with van der Waals surface area (Å²) in [5.41, 5.74) is 1.33. The van der Waals surface area contributed by atoms with E-state index in [0.29, 0.717) is 12.5 Å². The van der Waals surface area contributed by atoms with Crippen molar-refractivity contribution in [3.8, 4) is 0 Å². The Kier molecular flexibility index (Phi) is 5.13. The summed E-state index contributed by atoms with van der Waals surface area (Å²) in [6.45, 7) is 2.11. The number of benzene rings is 2. The molecule has 0 radical (unpaired) electrons. The highest BCUT2D eigenvalue weighted by Gasteiger charge is 2.27. The lowest BCUT2D eigenvalue weighted by Gasteiger charge is -2.27. The van der Waals surface area contributed by atoms with Crippen LogP contribution in [0.2, 0.25) is 0 Å². The molecule has 1 amide bonds. The van der Waals surface area contributed by atoms with E-state index in [1.807, 2.05) is 18.2 Å². The second kappa shape index (κ2) is 7.70. The molecule has 1 aliphatic heterocycles. The molecule has 3 aromatic rings. The van der Waals surface area contributed by atoms with Crippen LogP contribution >= 0.6 is 11.3 Å². The van der Waals surface area contributed by atoms with Crippen LogP contribution in [0.25, 0.3) is 10.2 Å². The first kappa shape index (κ1) is 18.0. The number of amides is 1. The zero-order valence-electron chi connectivity index (χ0n) is 14.7. The van der Waals surface area contributed by atoms with Crippen molar-refractivity contribution in [3.63, 3.8) is 0 Å². The molecule has 2 N–H and O–H groups in total. The molecule has 4 rings (SSSR count). The standard InChI is InChI=1S/C20H19F2N3OS/c21-15-6-5-14(11-16(15)22)23-19(26)12-25-9-7-13(8-10-25)20-24-17-3-1-2-4-18(17)27-20/h1-6,11,13H,7-10,12H2,(H,23,26)/p+1. The van der Waals surface area contributed by atoms with Crippen LogP contribution < -0.4 is 10.2 Å². The molecule has 0 saturated carbocycles. The molecule has 1 fully saturated rings. The molecule has 0 atom stereocenters. The average molecular weight is 388 g/mol. The molecule has 7 heteroatoms. The fourth-order valence-electron chi connectivity index (χ4n) is 3.52. The molecule has 140 valence electrons. The number of thiazole rings is 1. The van der Waals surface area contributed by atoms with Crippen LogP contribution in [-0.4, -0.2) is 30.5 Å². The van der Waals surface area contributed by atoms with Crippen molar-refractivity contribution in [1.82, 2.24) is 4.98 Å². The Morgan fingerprint density at radius 3 is 2.67 bits per heavy atom. The van der Waals surface area contributed by atoms with Gasteiger partial charge in [0.25, 0.3) is 5.91 Å². The summed E-state index contributed by atoms with van der Waals surface area (Å²) in [5, 5.41) is 3.82. The molecule has 0 aliphatic carbocycles. The summed E-state index contributed by atoms with van der Waals surface area (Å²) in [6, 6.07) is 11.6. The first-order valence-corrected chi connectivity index (χ1v) is 9.84. The Morgan fingerprint density at radius 2 is 1.93 bits per heavy atom. The minimum atomic E-state index is -0.961. The Labute approximate surface area is 159 Å². The van der Waals surface area contributed by atoms with E-state index in [9.17, 15) is 13.6 Å². The van der Waals surface area contributed by atoms with Gasteiger partial charge in [0.1, 0.15) is 0 Å². The van der Waals surface area contributed by atoms with Crippen LogP contribution in [0, 0.1) is 11.6 Å². The van der Waals surface area contributed by atoms with E-state index in [0.717, 1.165) is 43.6 Å². The number of hydrogen-bond acceptors (Lipinski definition) is 3. The normalized spacial score (nSPS) is 19.9. The maximum absolute atomic E-state index is 13.2. The maximum Gasteiger partial charge on any atom is 0.279 e. The highest BCUT2D eigenvalue weighted by Crippen LogP contribution is 2.31. The zero-order valence-corrected chi connectivity index (χ0v) is 15.5. The quantitative estimate of drug-likeness (QED) is 0.722. The van der Waals surface area contributed by atoms with Gasteiger partial charge in [-0.05, 0) is 24.3 Å². The van der Waals surface area contributed by atoms with E-state index < -0.39 is 11.6 Å². The summed E-state index contributed by atoms with van der Waals surface area (Å²) in [6.07, 6.45) is 1.99. The SMILES string of the molecule is O=C(C[NH+]1CCC(c2nc3ccccc3s2)CC1)Nc1ccc(F)c(F)c1. The number of para-hydroxylation sites is 1. The second-order valence-corrected chi connectivity index (χ2v) is 7.96. The molecular weight excluding hydrogens is 368 g/mol. The lowest BCUT2D eigenvalue weighted by Crippen LogP contribution is -3.14. The van der Waals surface area contributed by atoms with E-state index in [-0.39, 0.29) is 11.6 Å². The number of nitrogens with one attached hydrogen (secondary N) is 2. The van der Waals surface area contributed by atoms with Gasteiger partial charge in [0.15, 0.2) is 18.2 Å². The Balaban J connectivity index is 1.31. The van der Waals surface area contributed by atoms with Gasteiger partial charge < -0.3 is 10.2 Å². The number of anilines is 1. The highest BCUT2D eigenvalue weighted by molar-refractivity contribution is 7.18. The second-order valence-electron chi connectivity index (χ2n) is 6.90. The largest absolute Gasteiger partial charge is 0.327 e. The maximum atomic E-state index is 13.2. The molecule has 1 saturated heterocycles. The highest BCUT2D eigenvalue weighted by atomic mass is 32.1. The van der Waals surface area contributed by atoms with Crippen LogP contribution in [-0.2, 0) is 4.79 Å². The van der Waals surface area contributed by atoms with Crippen LogP contribution in [0.5, 0.6) is 0 Å². The van der Waals surface area contributed by atoms with Gasteiger partial charge in [-0.3, -0.25) is 4.79 Å². The van der Waals surface area contributed by atoms with Gasteiger partial charge in [-0.2, -0.15) is 0 Å². The van der Waals surface area contributed by atoms with Crippen LogP contribution in [0.3, 0.4) is 0 Å². The molecule has 1 aliphatic rings. The molecule has 0 bridgehead atoms. The smallest absolute Gasteiger partial charge is 0.279 e. The third-order valence-corrected chi connectivity index (χ3v) is 6.17. The lowest BCUT2D eigenvalue weighted by molar-refractivity contribution is -0.897. The van der Waals surface area contributed by atoms with Crippen molar-refractivity contribution in [2.24, 2.45) is 0 Å². The van der Waals surface area contributed by atoms with E-state index in [1.54, 1.807) is 11.3 Å². The summed E-state index contributed by atoms with van der Waals surface area (Å²) < 4.78 is 27.4. The summed E-state index contributed by atoms with van der Waals surface area (Å²) in [4.78, 5) is 18.1. The van der Waals surface area contributed by atoms with Crippen molar-refractivity contribution < 1.29 is 18.5 Å². The van der Waals surface area contributed by atoms with Crippen molar-refractivity contribution >= 4 is 33.1 Å². The lowest BCUT2D eigenvalue weighted by atomic mass is 9.97. The van der Waals surface area contributed by atoms with Crippen molar-refractivity contribution in [2.75, 3.05) is 25.0 Å². The Hall–Kier alpha value is -2.38. The van der Waals surface area contributed by atoms with E-state index in [1.165, 1.54) is 20.7 Å². The number of piperidine rings is 1. The molecule has 27 heavy (non-hydrogen) atoms. The van der Waals surface area contributed by atoms with Crippen molar-refractivity contribution in [2.45, 2.75) is 18.8 Å².